The van der Waals surface area contributed by atoms with Gasteiger partial charge in [0, 0.05) is 65.3 Å². The summed E-state index contributed by atoms with van der Waals surface area (Å²) < 4.78 is 80.7. The molecule has 4 heterocycles. The van der Waals surface area contributed by atoms with Gasteiger partial charge in [0.25, 0.3) is 0 Å². The second kappa shape index (κ2) is 21.7. The molecule has 2 aromatic heterocycles. The van der Waals surface area contributed by atoms with Gasteiger partial charge in [-0.2, -0.15) is 0 Å². The average molecular weight is 969 g/mol. The lowest BCUT2D eigenvalue weighted by atomic mass is 9.96. The van der Waals surface area contributed by atoms with Crippen LogP contribution < -0.4 is 15.1 Å². The molecule has 23 nitrogen and oxygen atoms in total. The fourth-order valence-corrected chi connectivity index (χ4v) is 7.69. The minimum absolute atomic E-state index is 0.0839. The summed E-state index contributed by atoms with van der Waals surface area (Å²) in [4.78, 5) is 114. The topological polar surface area (TPSA) is 291 Å². The Morgan fingerprint density at radius 1 is 0.551 bits per heavy atom. The molecule has 0 bridgehead atoms. The number of benzene rings is 2. The van der Waals surface area contributed by atoms with E-state index in [9.17, 15) is 43.2 Å². The van der Waals surface area contributed by atoms with Crippen molar-refractivity contribution in [2.45, 2.75) is 124 Å². The van der Waals surface area contributed by atoms with E-state index >= 15 is 0 Å². The predicted molar refractivity (Wildman–Crippen MR) is 227 cm³/mol. The Labute approximate surface area is 391 Å². The Bertz CT molecular complexity index is 2700. The summed E-state index contributed by atoms with van der Waals surface area (Å²) in [6.45, 7) is 9.28. The van der Waals surface area contributed by atoms with Gasteiger partial charge < -0.3 is 65.7 Å². The number of carbonyl (C=O) groups excluding carboxylic acids is 8. The fourth-order valence-electron chi connectivity index (χ4n) is 7.69. The summed E-state index contributed by atoms with van der Waals surface area (Å²) in [5.74, 6) is -7.97. The van der Waals surface area contributed by atoms with Crippen molar-refractivity contribution >= 4 is 69.7 Å². The minimum atomic E-state index is -1.92. The van der Waals surface area contributed by atoms with E-state index in [1.807, 2.05) is 0 Å². The number of furan rings is 1. The van der Waals surface area contributed by atoms with Crippen LogP contribution in [-0.4, -0.2) is 122 Å². The zero-order chi connectivity index (χ0) is 50.4. The molecule has 2 aliphatic heterocycles. The van der Waals surface area contributed by atoms with Crippen LogP contribution in [0.3, 0.4) is 0 Å². The number of carbonyl (C=O) groups is 8. The summed E-state index contributed by atoms with van der Waals surface area (Å²) in [6.07, 6.45) is -15.9. The van der Waals surface area contributed by atoms with E-state index < -0.39 is 128 Å². The molecule has 4 aromatic rings. The molecule has 0 aliphatic carbocycles. The fraction of sp³-hybridized carbons (Fsp3) is 0.457. The zero-order valence-corrected chi connectivity index (χ0v) is 38.6. The molecule has 69 heavy (non-hydrogen) atoms. The van der Waals surface area contributed by atoms with Crippen LogP contribution in [0.5, 0.6) is 11.5 Å². The Morgan fingerprint density at radius 2 is 1.04 bits per heavy atom. The number of para-hydroxylation sites is 1. The van der Waals surface area contributed by atoms with E-state index in [4.69, 9.17) is 65.7 Å². The third kappa shape index (κ3) is 12.2. The molecule has 2 aromatic carbocycles. The molecule has 0 saturated carbocycles. The van der Waals surface area contributed by atoms with E-state index in [0.29, 0.717) is 21.9 Å². The normalized spacial score (nSPS) is 24.3. The molecule has 23 heteroatoms. The molecule has 0 spiro atoms. The second-order valence-electron chi connectivity index (χ2n) is 15.8. The number of rotatable bonds is 15. The summed E-state index contributed by atoms with van der Waals surface area (Å²) >= 11 is 0. The average Bonchev–Trinajstić information content (AvgIpc) is 3.62. The maximum atomic E-state index is 14.2. The highest BCUT2D eigenvalue weighted by molar-refractivity contribution is 6.05. The first kappa shape index (κ1) is 51.0. The van der Waals surface area contributed by atoms with Crippen LogP contribution in [0.2, 0.25) is 0 Å². The van der Waals surface area contributed by atoms with Gasteiger partial charge in [0.2, 0.25) is 18.1 Å². The molecule has 370 valence electrons. The van der Waals surface area contributed by atoms with Crippen molar-refractivity contribution < 1.29 is 104 Å². The van der Waals surface area contributed by atoms with Crippen LogP contribution in [0.4, 0.5) is 0 Å². The third-order valence-corrected chi connectivity index (χ3v) is 10.4. The van der Waals surface area contributed by atoms with Crippen LogP contribution in [0.1, 0.15) is 70.0 Å². The molecule has 2 aliphatic rings. The van der Waals surface area contributed by atoms with E-state index in [2.05, 4.69) is 0 Å². The standard InChI is InChI=1S/C46H48O23/c1-19-14-34(54)67-36-29(19)15-30-20(2)16-58-35(30)39(36)68-44(55)28-12-10-11-13-31(28)64-45-42(62-26(8)52)41(61-25(7)51)38(33(65-45)18-57-22(4)48)69-46-43(63-27(9)53)40(60-24(6)50)37(59-23(5)49)32(66-46)17-56-21(3)47/h10-16,32-33,37-38,40-43,45-46H,17-18H2,1-9H3/t32-,33-,37+,38-,40+,41+,42-,43-,45-,46+/m1/s1. The Morgan fingerprint density at radius 3 is 1.62 bits per heavy atom. The monoisotopic (exact) mass is 968 g/mol. The van der Waals surface area contributed by atoms with Crippen LogP contribution in [-0.2, 0) is 80.9 Å². The number of fused-ring (bicyclic) bond motifs is 2. The molecule has 2 saturated heterocycles. The summed E-state index contributed by atoms with van der Waals surface area (Å²) in [7, 11) is 0. The van der Waals surface area contributed by atoms with Gasteiger partial charge in [-0.25, -0.2) is 9.59 Å². The first-order valence-electron chi connectivity index (χ1n) is 21.1. The maximum Gasteiger partial charge on any atom is 0.347 e. The number of aryl methyl sites for hydroxylation is 2. The molecule has 0 unspecified atom stereocenters. The molecule has 0 amide bonds. The Balaban J connectivity index is 1.42. The highest BCUT2D eigenvalue weighted by Gasteiger charge is 2.58. The quantitative estimate of drug-likeness (QED) is 0.0714. The van der Waals surface area contributed by atoms with E-state index in [1.54, 1.807) is 19.9 Å². The van der Waals surface area contributed by atoms with Gasteiger partial charge in [-0.1, -0.05) is 12.1 Å². The van der Waals surface area contributed by atoms with Crippen molar-refractivity contribution in [2.24, 2.45) is 0 Å². The van der Waals surface area contributed by atoms with E-state index in [0.717, 1.165) is 48.5 Å². The molecular weight excluding hydrogens is 920 g/mol. The Kier molecular flexibility index (Phi) is 16.1. The highest BCUT2D eigenvalue weighted by atomic mass is 16.8. The van der Waals surface area contributed by atoms with Gasteiger partial charge in [0.1, 0.15) is 42.8 Å². The lowest BCUT2D eigenvalue weighted by molar-refractivity contribution is -0.354. The number of ether oxygens (including phenoxy) is 12. The van der Waals surface area contributed by atoms with Gasteiger partial charge in [0.15, 0.2) is 41.9 Å². The van der Waals surface area contributed by atoms with Crippen molar-refractivity contribution in [1.29, 1.82) is 0 Å². The first-order chi connectivity index (χ1) is 32.6. The van der Waals surface area contributed by atoms with Crippen LogP contribution >= 0.6 is 0 Å². The number of hydrogen-bond acceptors (Lipinski definition) is 23. The molecule has 0 N–H and O–H groups in total. The lowest BCUT2D eigenvalue weighted by Crippen LogP contribution is -2.67. The van der Waals surface area contributed by atoms with Crippen molar-refractivity contribution in [2.75, 3.05) is 13.2 Å². The van der Waals surface area contributed by atoms with E-state index in [1.165, 1.54) is 36.6 Å². The van der Waals surface area contributed by atoms with Crippen molar-refractivity contribution in [3.63, 3.8) is 0 Å². The molecule has 2 fully saturated rings. The SMILES string of the molecule is CC(=O)OC[C@H]1O[C@@H](O[C@H]2[C@H](OC(C)=O)[C@@H](OC(C)=O)[C@H](Oc3ccccc3C(=O)Oc3c4occ(C)c4cc4c(C)cc(=O)oc34)O[C@@H]2COC(C)=O)[C@H](OC(C)=O)[C@@H](OC(C)=O)[C@H]1OC(C)=O. The number of hydrogen-bond donors (Lipinski definition) is 0. The van der Waals surface area contributed by atoms with Gasteiger partial charge in [-0.05, 0) is 43.2 Å². The van der Waals surface area contributed by atoms with Crippen molar-refractivity contribution in [1.82, 2.24) is 0 Å². The van der Waals surface area contributed by atoms with Gasteiger partial charge in [0.05, 0.1) is 6.26 Å². The van der Waals surface area contributed by atoms with Crippen LogP contribution in [0.25, 0.3) is 21.9 Å². The molecule has 6 rings (SSSR count). The zero-order valence-electron chi connectivity index (χ0n) is 38.6. The first-order valence-corrected chi connectivity index (χ1v) is 21.1. The van der Waals surface area contributed by atoms with Gasteiger partial charge in [-0.3, -0.25) is 33.6 Å². The smallest absolute Gasteiger partial charge is 0.347 e. The Hall–Kier alpha value is -7.37. The summed E-state index contributed by atoms with van der Waals surface area (Å²) in [5.41, 5.74) is 0.231. The summed E-state index contributed by atoms with van der Waals surface area (Å²) in [5, 5.41) is 1.01. The third-order valence-electron chi connectivity index (χ3n) is 10.4. The lowest BCUT2D eigenvalue weighted by Gasteiger charge is -2.48. The molecular formula is C46H48O23. The predicted octanol–water partition coefficient (Wildman–Crippen LogP) is 3.37. The molecule has 10 atom stereocenters. The van der Waals surface area contributed by atoms with Crippen LogP contribution in [0, 0.1) is 13.8 Å². The van der Waals surface area contributed by atoms with Gasteiger partial charge in [-0.15, -0.1) is 0 Å². The highest BCUT2D eigenvalue weighted by Crippen LogP contribution is 2.40. The van der Waals surface area contributed by atoms with Crippen LogP contribution in [0.15, 0.2) is 56.3 Å². The van der Waals surface area contributed by atoms with Crippen molar-refractivity contribution in [3.05, 3.63) is 69.8 Å². The van der Waals surface area contributed by atoms with Crippen molar-refractivity contribution in [3.8, 4) is 11.5 Å². The maximum absolute atomic E-state index is 14.2. The molecule has 0 radical (unpaired) electrons. The van der Waals surface area contributed by atoms with E-state index in [-0.39, 0.29) is 28.2 Å². The summed E-state index contributed by atoms with van der Waals surface area (Å²) in [6, 6.07) is 8.59. The van der Waals surface area contributed by atoms with Gasteiger partial charge >= 0.3 is 53.4 Å². The number of esters is 8. The second-order valence-corrected chi connectivity index (χ2v) is 15.8. The minimum Gasteiger partial charge on any atom is -0.463 e. The largest absolute Gasteiger partial charge is 0.463 e.